The van der Waals surface area contributed by atoms with Crippen LogP contribution in [-0.4, -0.2) is 70.8 Å². The van der Waals surface area contributed by atoms with Gasteiger partial charge in [-0.15, -0.1) is 0 Å². The normalized spacial score (nSPS) is 16.3. The third kappa shape index (κ3) is 5.84. The number of sulfonamides is 1. The molecule has 0 amide bonds. The second kappa shape index (κ2) is 9.18. The molecule has 1 aliphatic heterocycles. The number of rotatable bonds is 6. The Balaban J connectivity index is 1.84. The zero-order valence-electron chi connectivity index (χ0n) is 15.6. The molecule has 0 atom stereocenters. The van der Waals surface area contributed by atoms with Crippen molar-refractivity contribution >= 4 is 21.7 Å². The van der Waals surface area contributed by atoms with E-state index in [0.29, 0.717) is 37.8 Å². The highest BCUT2D eigenvalue weighted by Crippen LogP contribution is 2.20. The topological polar surface area (TPSA) is 77.0 Å². The molecule has 0 bridgehead atoms. The van der Waals surface area contributed by atoms with Crippen LogP contribution in [0.1, 0.15) is 13.8 Å². The molecular weight excluding hydrogens is 357 g/mol. The first kappa shape index (κ1) is 20.4. The van der Waals surface area contributed by atoms with Crippen molar-refractivity contribution in [1.29, 1.82) is 0 Å². The summed E-state index contributed by atoms with van der Waals surface area (Å²) in [6.07, 6.45) is 0. The van der Waals surface area contributed by atoms with E-state index in [2.05, 4.69) is 19.9 Å². The number of hydrogen-bond acceptors (Lipinski definition) is 4. The van der Waals surface area contributed by atoms with Gasteiger partial charge < -0.3 is 15.1 Å². The van der Waals surface area contributed by atoms with E-state index < -0.39 is 10.0 Å². The lowest BCUT2D eigenvalue weighted by atomic mass is 10.2. The van der Waals surface area contributed by atoms with Gasteiger partial charge in [-0.1, -0.05) is 12.1 Å². The first-order chi connectivity index (χ1) is 12.3. The summed E-state index contributed by atoms with van der Waals surface area (Å²) in [4.78, 5) is 8.30. The quantitative estimate of drug-likeness (QED) is 0.561. The summed E-state index contributed by atoms with van der Waals surface area (Å²) >= 11 is 0. The van der Waals surface area contributed by atoms with Crippen molar-refractivity contribution in [3.05, 3.63) is 30.1 Å². The minimum Gasteiger partial charge on any atom is -0.366 e. The summed E-state index contributed by atoms with van der Waals surface area (Å²) in [7, 11) is -1.63. The van der Waals surface area contributed by atoms with Gasteiger partial charge in [-0.25, -0.2) is 17.5 Å². The number of nitrogens with zero attached hydrogens (tertiary/aromatic N) is 3. The van der Waals surface area contributed by atoms with Crippen molar-refractivity contribution in [1.82, 2.24) is 14.9 Å². The standard InChI is InChI=1S/C17H28FN5O2S/c1-14(2)21-26(24,25)13-8-20-17(19-3)23-11-9-22(10-12-23)16-7-5-4-6-15(16)18/h4-7,14,21H,8-13H2,1-3H3,(H,19,20). The van der Waals surface area contributed by atoms with E-state index in [1.807, 2.05) is 11.0 Å². The lowest BCUT2D eigenvalue weighted by Gasteiger charge is -2.37. The van der Waals surface area contributed by atoms with Crippen LogP contribution in [0.2, 0.25) is 0 Å². The molecule has 1 saturated heterocycles. The van der Waals surface area contributed by atoms with E-state index >= 15 is 0 Å². The highest BCUT2D eigenvalue weighted by molar-refractivity contribution is 7.89. The number of piperazine rings is 1. The Kier molecular flexibility index (Phi) is 7.22. The Labute approximate surface area is 155 Å². The molecular formula is C17H28FN5O2S. The Hall–Kier alpha value is -1.87. The van der Waals surface area contributed by atoms with Gasteiger partial charge >= 0.3 is 0 Å². The number of benzene rings is 1. The fourth-order valence-corrected chi connectivity index (χ4v) is 4.12. The molecule has 1 aromatic carbocycles. The molecule has 146 valence electrons. The molecule has 0 radical (unpaired) electrons. The lowest BCUT2D eigenvalue weighted by Crippen LogP contribution is -2.53. The first-order valence-electron chi connectivity index (χ1n) is 8.77. The van der Waals surface area contributed by atoms with E-state index in [-0.39, 0.29) is 24.2 Å². The van der Waals surface area contributed by atoms with E-state index in [4.69, 9.17) is 0 Å². The number of aliphatic imine (C=N–C) groups is 1. The zero-order chi connectivity index (χ0) is 19.2. The monoisotopic (exact) mass is 385 g/mol. The van der Waals surface area contributed by atoms with Crippen LogP contribution in [0.4, 0.5) is 10.1 Å². The highest BCUT2D eigenvalue weighted by atomic mass is 32.2. The summed E-state index contributed by atoms with van der Waals surface area (Å²) in [5, 5.41) is 3.10. The van der Waals surface area contributed by atoms with E-state index in [0.717, 1.165) is 0 Å². The third-order valence-corrected chi connectivity index (χ3v) is 5.63. The second-order valence-corrected chi connectivity index (χ2v) is 8.36. The van der Waals surface area contributed by atoms with Crippen LogP contribution in [0.15, 0.2) is 29.3 Å². The van der Waals surface area contributed by atoms with Crippen LogP contribution in [-0.2, 0) is 10.0 Å². The van der Waals surface area contributed by atoms with Gasteiger partial charge in [0.05, 0.1) is 11.4 Å². The molecule has 1 fully saturated rings. The molecule has 0 aliphatic carbocycles. The van der Waals surface area contributed by atoms with Gasteiger partial charge in [-0.2, -0.15) is 0 Å². The van der Waals surface area contributed by atoms with Crippen molar-refractivity contribution in [2.45, 2.75) is 19.9 Å². The number of nitrogens with one attached hydrogen (secondary N) is 2. The van der Waals surface area contributed by atoms with Crippen molar-refractivity contribution in [2.24, 2.45) is 4.99 Å². The Bertz CT molecular complexity index is 716. The fourth-order valence-electron chi connectivity index (χ4n) is 2.91. The minimum absolute atomic E-state index is 0.0145. The number of hydrogen-bond donors (Lipinski definition) is 2. The second-order valence-electron chi connectivity index (χ2n) is 6.49. The Morgan fingerprint density at radius 2 is 1.88 bits per heavy atom. The molecule has 0 spiro atoms. The molecule has 9 heteroatoms. The van der Waals surface area contributed by atoms with Crippen LogP contribution in [0, 0.1) is 5.82 Å². The fraction of sp³-hybridized carbons (Fsp3) is 0.588. The SMILES string of the molecule is CN=C(NCCS(=O)(=O)NC(C)C)N1CCN(c2ccccc2F)CC1. The predicted molar refractivity (Wildman–Crippen MR) is 104 cm³/mol. The van der Waals surface area contributed by atoms with Gasteiger partial charge in [0.15, 0.2) is 5.96 Å². The summed E-state index contributed by atoms with van der Waals surface area (Å²) in [5.41, 5.74) is 0.612. The summed E-state index contributed by atoms with van der Waals surface area (Å²) < 4.78 is 40.2. The first-order valence-corrected chi connectivity index (χ1v) is 10.4. The van der Waals surface area contributed by atoms with Crippen LogP contribution in [0.5, 0.6) is 0 Å². The molecule has 7 nitrogen and oxygen atoms in total. The smallest absolute Gasteiger partial charge is 0.213 e. The summed E-state index contributed by atoms with van der Waals surface area (Å²) in [6.45, 7) is 6.58. The molecule has 1 aliphatic rings. The van der Waals surface area contributed by atoms with Gasteiger partial charge in [0.25, 0.3) is 0 Å². The van der Waals surface area contributed by atoms with Crippen LogP contribution < -0.4 is 14.9 Å². The van der Waals surface area contributed by atoms with Crippen LogP contribution in [0.25, 0.3) is 0 Å². The Morgan fingerprint density at radius 3 is 2.46 bits per heavy atom. The van der Waals surface area contributed by atoms with Gasteiger partial charge in [-0.3, -0.25) is 4.99 Å². The Morgan fingerprint density at radius 1 is 1.23 bits per heavy atom. The van der Waals surface area contributed by atoms with E-state index in [1.165, 1.54) is 6.07 Å². The van der Waals surface area contributed by atoms with Gasteiger partial charge in [0.2, 0.25) is 10.0 Å². The maximum atomic E-state index is 13.9. The van der Waals surface area contributed by atoms with Gasteiger partial charge in [-0.05, 0) is 26.0 Å². The van der Waals surface area contributed by atoms with E-state index in [9.17, 15) is 12.8 Å². The average Bonchev–Trinajstić information content (AvgIpc) is 2.58. The van der Waals surface area contributed by atoms with Crippen molar-refractivity contribution in [3.8, 4) is 0 Å². The molecule has 0 aromatic heterocycles. The summed E-state index contributed by atoms with van der Waals surface area (Å²) in [6, 6.07) is 6.64. The maximum Gasteiger partial charge on any atom is 0.213 e. The number of para-hydroxylation sites is 1. The predicted octanol–water partition coefficient (Wildman–Crippen LogP) is 0.851. The van der Waals surface area contributed by atoms with Crippen LogP contribution >= 0.6 is 0 Å². The van der Waals surface area contributed by atoms with Crippen molar-refractivity contribution < 1.29 is 12.8 Å². The number of guanidine groups is 1. The van der Waals surface area contributed by atoms with Crippen molar-refractivity contribution in [3.63, 3.8) is 0 Å². The third-order valence-electron chi connectivity index (χ3n) is 4.05. The minimum atomic E-state index is -3.30. The molecule has 0 saturated carbocycles. The van der Waals surface area contributed by atoms with Crippen molar-refractivity contribution in [2.75, 3.05) is 50.4 Å². The molecule has 26 heavy (non-hydrogen) atoms. The average molecular weight is 386 g/mol. The molecule has 2 N–H and O–H groups in total. The molecule has 1 aromatic rings. The van der Waals surface area contributed by atoms with Crippen LogP contribution in [0.3, 0.4) is 0 Å². The zero-order valence-corrected chi connectivity index (χ0v) is 16.4. The number of halogens is 1. The van der Waals surface area contributed by atoms with Gasteiger partial charge in [0.1, 0.15) is 5.82 Å². The van der Waals surface area contributed by atoms with Gasteiger partial charge in [0, 0.05) is 45.8 Å². The lowest BCUT2D eigenvalue weighted by molar-refractivity contribution is 0.371. The maximum absolute atomic E-state index is 13.9. The molecule has 2 rings (SSSR count). The molecule has 0 unspecified atom stereocenters. The number of anilines is 1. The highest BCUT2D eigenvalue weighted by Gasteiger charge is 2.21. The molecule has 1 heterocycles. The largest absolute Gasteiger partial charge is 0.366 e. The summed E-state index contributed by atoms with van der Waals surface area (Å²) in [5.74, 6) is 0.434. The van der Waals surface area contributed by atoms with E-state index in [1.54, 1.807) is 33.0 Å².